The number of aldehydes is 1. The summed E-state index contributed by atoms with van der Waals surface area (Å²) < 4.78 is 39.8. The predicted octanol–water partition coefficient (Wildman–Crippen LogP) is 1.56. The maximum absolute atomic E-state index is 12.0. The molecule has 0 aromatic carbocycles. The summed E-state index contributed by atoms with van der Waals surface area (Å²) in [4.78, 5) is 14.2. The Morgan fingerprint density at radius 1 is 1.56 bits per heavy atom. The first-order valence-electron chi connectivity index (χ1n) is 4.29. The first kappa shape index (κ1) is 12.4. The van der Waals surface area contributed by atoms with Gasteiger partial charge in [0.25, 0.3) is 0 Å². The molecule has 0 spiro atoms. The second kappa shape index (κ2) is 4.48. The number of carbonyl (C=O) groups is 1. The summed E-state index contributed by atoms with van der Waals surface area (Å²) in [6.07, 6.45) is -4.35. The van der Waals surface area contributed by atoms with Crippen molar-refractivity contribution in [3.8, 4) is 5.75 Å². The lowest BCUT2D eigenvalue weighted by molar-refractivity contribution is -0.275. The smallest absolute Gasteiger partial charge is 0.404 e. The summed E-state index contributed by atoms with van der Waals surface area (Å²) in [5, 5.41) is 0. The van der Waals surface area contributed by atoms with Crippen molar-refractivity contribution in [2.24, 2.45) is 5.73 Å². The molecule has 0 saturated carbocycles. The van der Waals surface area contributed by atoms with Gasteiger partial charge in [-0.3, -0.25) is 4.79 Å². The van der Waals surface area contributed by atoms with Crippen LogP contribution in [-0.2, 0) is 6.54 Å². The topological polar surface area (TPSA) is 65.2 Å². The van der Waals surface area contributed by atoms with Crippen molar-refractivity contribution < 1.29 is 22.7 Å². The van der Waals surface area contributed by atoms with Crippen molar-refractivity contribution in [1.29, 1.82) is 0 Å². The number of alkyl halides is 3. The second-order valence-electron chi connectivity index (χ2n) is 3.01. The molecule has 0 fully saturated rings. The summed E-state index contributed by atoms with van der Waals surface area (Å²) in [6, 6.07) is 1.09. The van der Waals surface area contributed by atoms with Gasteiger partial charge in [-0.05, 0) is 18.6 Å². The van der Waals surface area contributed by atoms with Crippen LogP contribution in [-0.4, -0.2) is 17.6 Å². The highest BCUT2D eigenvalue weighted by Gasteiger charge is 2.32. The molecule has 1 aromatic rings. The number of aromatic nitrogens is 1. The van der Waals surface area contributed by atoms with Crippen LogP contribution in [0.2, 0.25) is 0 Å². The number of aryl methyl sites for hydroxylation is 1. The summed E-state index contributed by atoms with van der Waals surface area (Å²) >= 11 is 0. The number of ether oxygens (including phenoxy) is 1. The molecule has 7 heteroatoms. The van der Waals surface area contributed by atoms with E-state index < -0.39 is 12.1 Å². The van der Waals surface area contributed by atoms with Gasteiger partial charge in [-0.15, -0.1) is 13.2 Å². The molecular formula is C9H9F3N2O2. The Hall–Kier alpha value is -1.63. The van der Waals surface area contributed by atoms with Crippen LogP contribution in [0.3, 0.4) is 0 Å². The fraction of sp³-hybridized carbons (Fsp3) is 0.333. The summed E-state index contributed by atoms with van der Waals surface area (Å²) in [6.45, 7) is 1.22. The normalized spacial score (nSPS) is 11.3. The Bertz CT molecular complexity index is 404. The number of hydrogen-bond acceptors (Lipinski definition) is 4. The highest BCUT2D eigenvalue weighted by atomic mass is 19.4. The van der Waals surface area contributed by atoms with E-state index in [4.69, 9.17) is 5.73 Å². The quantitative estimate of drug-likeness (QED) is 0.806. The number of pyridine rings is 1. The third-order valence-corrected chi connectivity index (χ3v) is 1.82. The predicted molar refractivity (Wildman–Crippen MR) is 48.9 cm³/mol. The summed E-state index contributed by atoms with van der Waals surface area (Å²) in [5.41, 5.74) is 5.46. The molecule has 88 valence electrons. The third kappa shape index (κ3) is 2.93. The van der Waals surface area contributed by atoms with Gasteiger partial charge >= 0.3 is 6.36 Å². The van der Waals surface area contributed by atoms with E-state index in [0.29, 0.717) is 11.8 Å². The third-order valence-electron chi connectivity index (χ3n) is 1.82. The molecule has 0 atom stereocenters. The van der Waals surface area contributed by atoms with Crippen LogP contribution in [0.25, 0.3) is 0 Å². The number of halogens is 3. The molecule has 0 amide bonds. The number of carbonyl (C=O) groups excluding carboxylic acids is 1. The summed E-state index contributed by atoms with van der Waals surface area (Å²) in [7, 11) is 0. The molecule has 1 heterocycles. The first-order chi connectivity index (χ1) is 7.37. The van der Waals surface area contributed by atoms with Crippen molar-refractivity contribution in [1.82, 2.24) is 4.98 Å². The van der Waals surface area contributed by atoms with Crippen LogP contribution in [0.4, 0.5) is 13.2 Å². The molecule has 16 heavy (non-hydrogen) atoms. The lowest BCUT2D eigenvalue weighted by atomic mass is 10.2. The largest absolute Gasteiger partial charge is 0.573 e. The Balaban J connectivity index is 3.18. The number of rotatable bonds is 3. The van der Waals surface area contributed by atoms with Gasteiger partial charge in [0.15, 0.2) is 12.0 Å². The lowest BCUT2D eigenvalue weighted by Crippen LogP contribution is -2.20. The lowest BCUT2D eigenvalue weighted by Gasteiger charge is -2.13. The minimum Gasteiger partial charge on any atom is -0.404 e. The average molecular weight is 234 g/mol. The molecular weight excluding hydrogens is 225 g/mol. The van der Waals surface area contributed by atoms with Gasteiger partial charge in [0.05, 0.1) is 5.69 Å². The van der Waals surface area contributed by atoms with Crippen LogP contribution in [0.1, 0.15) is 21.7 Å². The van der Waals surface area contributed by atoms with Crippen molar-refractivity contribution in [2.75, 3.05) is 0 Å². The molecule has 0 aliphatic carbocycles. The van der Waals surface area contributed by atoms with E-state index in [1.807, 2.05) is 0 Å². The number of nitrogens with two attached hydrogens (primary N) is 1. The molecule has 0 unspecified atom stereocenters. The molecule has 1 aromatic heterocycles. The Morgan fingerprint density at radius 3 is 2.62 bits per heavy atom. The zero-order valence-corrected chi connectivity index (χ0v) is 8.34. The van der Waals surface area contributed by atoms with Crippen molar-refractivity contribution >= 4 is 6.29 Å². The monoisotopic (exact) mass is 234 g/mol. The SMILES string of the molecule is Cc1cc(OC(F)(F)F)c(CN)nc1C=O. The van der Waals surface area contributed by atoms with Gasteiger partial charge in [0.1, 0.15) is 5.69 Å². The fourth-order valence-electron chi connectivity index (χ4n) is 1.12. The van der Waals surface area contributed by atoms with Crippen LogP contribution in [0, 0.1) is 6.92 Å². The zero-order chi connectivity index (χ0) is 12.3. The molecule has 1 rings (SSSR count). The standard InChI is InChI=1S/C9H9F3N2O2/c1-5-2-8(16-9(10,11)12)6(3-13)14-7(5)4-15/h2,4H,3,13H2,1H3. The van der Waals surface area contributed by atoms with Gasteiger partial charge in [-0.1, -0.05) is 0 Å². The van der Waals surface area contributed by atoms with Crippen LogP contribution < -0.4 is 10.5 Å². The Morgan fingerprint density at radius 2 is 2.19 bits per heavy atom. The first-order valence-corrected chi connectivity index (χ1v) is 4.29. The van der Waals surface area contributed by atoms with E-state index in [2.05, 4.69) is 9.72 Å². The van der Waals surface area contributed by atoms with E-state index in [-0.39, 0.29) is 17.9 Å². The van der Waals surface area contributed by atoms with Gasteiger partial charge in [-0.2, -0.15) is 0 Å². The summed E-state index contributed by atoms with van der Waals surface area (Å²) in [5.74, 6) is -0.474. The van der Waals surface area contributed by atoms with Crippen molar-refractivity contribution in [2.45, 2.75) is 19.8 Å². The van der Waals surface area contributed by atoms with Crippen LogP contribution in [0.5, 0.6) is 5.75 Å². The van der Waals surface area contributed by atoms with E-state index >= 15 is 0 Å². The second-order valence-corrected chi connectivity index (χ2v) is 3.01. The minimum absolute atomic E-state index is 0.0509. The minimum atomic E-state index is -4.80. The number of nitrogens with zero attached hydrogens (tertiary/aromatic N) is 1. The molecule has 0 aliphatic heterocycles. The fourth-order valence-corrected chi connectivity index (χ4v) is 1.12. The Labute approximate surface area is 89.2 Å². The van der Waals surface area contributed by atoms with Crippen LogP contribution in [0.15, 0.2) is 6.07 Å². The van der Waals surface area contributed by atoms with E-state index in [0.717, 1.165) is 6.07 Å². The number of hydrogen-bond donors (Lipinski definition) is 1. The van der Waals surface area contributed by atoms with Crippen molar-refractivity contribution in [3.63, 3.8) is 0 Å². The highest BCUT2D eigenvalue weighted by molar-refractivity contribution is 5.74. The van der Waals surface area contributed by atoms with Gasteiger partial charge in [0.2, 0.25) is 0 Å². The van der Waals surface area contributed by atoms with E-state index in [1.54, 1.807) is 0 Å². The molecule has 0 aliphatic rings. The van der Waals surface area contributed by atoms with Crippen molar-refractivity contribution in [3.05, 3.63) is 23.0 Å². The average Bonchev–Trinajstić information content (AvgIpc) is 2.16. The van der Waals surface area contributed by atoms with Gasteiger partial charge in [-0.25, -0.2) is 4.98 Å². The van der Waals surface area contributed by atoms with Gasteiger partial charge < -0.3 is 10.5 Å². The molecule has 0 radical (unpaired) electrons. The Kier molecular flexibility index (Phi) is 3.48. The maximum atomic E-state index is 12.0. The molecule has 4 nitrogen and oxygen atoms in total. The zero-order valence-electron chi connectivity index (χ0n) is 8.34. The van der Waals surface area contributed by atoms with E-state index in [9.17, 15) is 18.0 Å². The van der Waals surface area contributed by atoms with Gasteiger partial charge in [0, 0.05) is 6.54 Å². The highest BCUT2D eigenvalue weighted by Crippen LogP contribution is 2.26. The molecule has 2 N–H and O–H groups in total. The molecule has 0 saturated heterocycles. The maximum Gasteiger partial charge on any atom is 0.573 e. The van der Waals surface area contributed by atoms with Crippen LogP contribution >= 0.6 is 0 Å². The molecule has 0 bridgehead atoms. The van der Waals surface area contributed by atoms with E-state index in [1.165, 1.54) is 6.92 Å².